The van der Waals surface area contributed by atoms with Crippen molar-refractivity contribution in [1.29, 1.82) is 0 Å². The van der Waals surface area contributed by atoms with Crippen LogP contribution in [0.4, 0.5) is 0 Å². The van der Waals surface area contributed by atoms with E-state index in [1.54, 1.807) is 7.11 Å². The third-order valence-corrected chi connectivity index (χ3v) is 5.24. The molecule has 2 aromatic rings. The van der Waals surface area contributed by atoms with Crippen LogP contribution in [-0.2, 0) is 20.1 Å². The van der Waals surface area contributed by atoms with Gasteiger partial charge in [-0.1, -0.05) is 0 Å². The Morgan fingerprint density at radius 2 is 2.00 bits per heavy atom. The van der Waals surface area contributed by atoms with Gasteiger partial charge in [-0.05, 0) is 20.8 Å². The predicted molar refractivity (Wildman–Crippen MR) is 98.6 cm³/mol. The van der Waals surface area contributed by atoms with Gasteiger partial charge in [0.15, 0.2) is 0 Å². The molecule has 6 nitrogen and oxygen atoms in total. The van der Waals surface area contributed by atoms with Gasteiger partial charge in [0, 0.05) is 69.0 Å². The molecule has 3 heterocycles. The van der Waals surface area contributed by atoms with E-state index < -0.39 is 0 Å². The average Bonchev–Trinajstić information content (AvgIpc) is 2.98. The van der Waals surface area contributed by atoms with Gasteiger partial charge in [-0.15, -0.1) is 0 Å². The summed E-state index contributed by atoms with van der Waals surface area (Å²) < 4.78 is 7.64. The highest BCUT2D eigenvalue weighted by atomic mass is 16.5. The fraction of sp³-hybridized carbons (Fsp3) is 0.579. The molecule has 1 saturated heterocycles. The molecule has 1 atom stereocenters. The Morgan fingerprint density at radius 3 is 2.64 bits per heavy atom. The monoisotopic (exact) mass is 343 g/mol. The van der Waals surface area contributed by atoms with Gasteiger partial charge >= 0.3 is 0 Å². The van der Waals surface area contributed by atoms with E-state index >= 15 is 0 Å². The lowest BCUT2D eigenvalue weighted by Gasteiger charge is -2.39. The molecule has 1 aliphatic rings. The molecule has 1 aliphatic heterocycles. The van der Waals surface area contributed by atoms with E-state index in [4.69, 9.17) is 4.74 Å². The minimum Gasteiger partial charge on any atom is -0.496 e. The lowest BCUT2D eigenvalue weighted by atomic mass is 10.1. The van der Waals surface area contributed by atoms with E-state index in [2.05, 4.69) is 45.2 Å². The molecule has 6 heteroatoms. The van der Waals surface area contributed by atoms with Crippen LogP contribution in [-0.4, -0.2) is 57.1 Å². The first-order chi connectivity index (χ1) is 12.0. The second-order valence-corrected chi connectivity index (χ2v) is 7.06. The van der Waals surface area contributed by atoms with Crippen LogP contribution in [0.2, 0.25) is 0 Å². The zero-order valence-electron chi connectivity index (χ0n) is 16.0. The minimum absolute atomic E-state index is 0.498. The number of piperazine rings is 1. The van der Waals surface area contributed by atoms with Crippen molar-refractivity contribution in [2.24, 2.45) is 7.05 Å². The number of methoxy groups -OCH3 is 1. The second kappa shape index (κ2) is 7.54. The van der Waals surface area contributed by atoms with Gasteiger partial charge in [0.1, 0.15) is 11.6 Å². The topological polar surface area (TPSA) is 46.4 Å². The molecule has 1 fully saturated rings. The van der Waals surface area contributed by atoms with Crippen LogP contribution in [0, 0.1) is 13.8 Å². The molecule has 0 bridgehead atoms. The van der Waals surface area contributed by atoms with Crippen LogP contribution in [0.15, 0.2) is 18.6 Å². The number of hydrogen-bond acceptors (Lipinski definition) is 5. The zero-order valence-corrected chi connectivity index (χ0v) is 16.0. The SMILES string of the molecule is COc1c(C)cnc(CN2CCN(Cc3nccn3C)[C@@H](C)C2)c1C. The third kappa shape index (κ3) is 3.85. The highest BCUT2D eigenvalue weighted by Gasteiger charge is 2.25. The largest absolute Gasteiger partial charge is 0.496 e. The Bertz CT molecular complexity index is 727. The number of imidazole rings is 1. The van der Waals surface area contributed by atoms with E-state index in [9.17, 15) is 0 Å². The van der Waals surface area contributed by atoms with E-state index in [0.29, 0.717) is 6.04 Å². The molecular formula is C19H29N5O. The summed E-state index contributed by atoms with van der Waals surface area (Å²) in [5.41, 5.74) is 3.37. The standard InChI is InChI=1S/C19H29N5O/c1-14-10-21-17(16(3)19(14)25-5)12-23-8-9-24(15(2)11-23)13-18-20-6-7-22(18)4/h6-7,10,15H,8-9,11-13H2,1-5H3/t15-/m0/s1. The number of ether oxygens (including phenoxy) is 1. The summed E-state index contributed by atoms with van der Waals surface area (Å²) in [5, 5.41) is 0. The maximum absolute atomic E-state index is 5.54. The highest BCUT2D eigenvalue weighted by Crippen LogP contribution is 2.25. The van der Waals surface area contributed by atoms with Crippen LogP contribution < -0.4 is 4.74 Å². The predicted octanol–water partition coefficient (Wildman–Crippen LogP) is 2.15. The van der Waals surface area contributed by atoms with E-state index in [0.717, 1.165) is 61.1 Å². The fourth-order valence-electron chi connectivity index (χ4n) is 3.62. The number of pyridine rings is 1. The summed E-state index contributed by atoms with van der Waals surface area (Å²) in [7, 11) is 3.79. The number of hydrogen-bond donors (Lipinski definition) is 0. The number of nitrogens with zero attached hydrogens (tertiary/aromatic N) is 5. The Labute approximate surface area is 150 Å². The molecule has 0 amide bonds. The first kappa shape index (κ1) is 17.9. The molecule has 0 saturated carbocycles. The lowest BCUT2D eigenvalue weighted by molar-refractivity contribution is 0.0698. The molecule has 0 spiro atoms. The van der Waals surface area contributed by atoms with E-state index in [1.165, 1.54) is 0 Å². The summed E-state index contributed by atoms with van der Waals surface area (Å²) in [4.78, 5) is 14.1. The van der Waals surface area contributed by atoms with Gasteiger partial charge in [0.05, 0.1) is 19.3 Å². The molecule has 0 N–H and O–H groups in total. The molecule has 0 aromatic carbocycles. The van der Waals surface area contributed by atoms with Crippen molar-refractivity contribution in [2.45, 2.75) is 39.9 Å². The van der Waals surface area contributed by atoms with Crippen LogP contribution in [0.1, 0.15) is 29.6 Å². The van der Waals surface area contributed by atoms with Gasteiger partial charge in [-0.3, -0.25) is 14.8 Å². The second-order valence-electron chi connectivity index (χ2n) is 7.06. The number of aryl methyl sites for hydroxylation is 2. The molecule has 0 aliphatic carbocycles. The minimum atomic E-state index is 0.498. The van der Waals surface area contributed by atoms with Crippen molar-refractivity contribution in [3.8, 4) is 5.75 Å². The van der Waals surface area contributed by atoms with E-state index in [-0.39, 0.29) is 0 Å². The lowest BCUT2D eigenvalue weighted by Crippen LogP contribution is -2.51. The van der Waals surface area contributed by atoms with Gasteiger partial charge in [0.25, 0.3) is 0 Å². The highest BCUT2D eigenvalue weighted by molar-refractivity contribution is 5.41. The molecule has 3 rings (SSSR count). The van der Waals surface area contributed by atoms with E-state index in [1.807, 2.05) is 25.5 Å². The summed E-state index contributed by atoms with van der Waals surface area (Å²) in [6.45, 7) is 11.4. The maximum atomic E-state index is 5.54. The summed E-state index contributed by atoms with van der Waals surface area (Å²) in [5.74, 6) is 2.09. The van der Waals surface area contributed by atoms with Crippen molar-refractivity contribution >= 4 is 0 Å². The summed E-state index contributed by atoms with van der Waals surface area (Å²) >= 11 is 0. The summed E-state index contributed by atoms with van der Waals surface area (Å²) in [6.07, 6.45) is 5.80. The van der Waals surface area contributed by atoms with Crippen molar-refractivity contribution in [2.75, 3.05) is 26.7 Å². The first-order valence-corrected chi connectivity index (χ1v) is 8.91. The number of aromatic nitrogens is 3. The molecule has 25 heavy (non-hydrogen) atoms. The molecular weight excluding hydrogens is 314 g/mol. The smallest absolute Gasteiger partial charge is 0.128 e. The van der Waals surface area contributed by atoms with Crippen molar-refractivity contribution in [3.63, 3.8) is 0 Å². The van der Waals surface area contributed by atoms with Crippen molar-refractivity contribution < 1.29 is 4.74 Å². The van der Waals surface area contributed by atoms with Gasteiger partial charge in [-0.2, -0.15) is 0 Å². The fourth-order valence-corrected chi connectivity index (χ4v) is 3.62. The third-order valence-electron chi connectivity index (χ3n) is 5.24. The molecule has 0 radical (unpaired) electrons. The molecule has 2 aromatic heterocycles. The van der Waals surface area contributed by atoms with Crippen LogP contribution in [0.5, 0.6) is 5.75 Å². The Kier molecular flexibility index (Phi) is 5.39. The Balaban J connectivity index is 1.63. The normalized spacial score (nSPS) is 19.3. The first-order valence-electron chi connectivity index (χ1n) is 8.91. The Hall–Kier alpha value is -1.92. The van der Waals surface area contributed by atoms with Crippen LogP contribution >= 0.6 is 0 Å². The van der Waals surface area contributed by atoms with Gasteiger partial charge in [-0.25, -0.2) is 4.98 Å². The average molecular weight is 343 g/mol. The summed E-state index contributed by atoms with van der Waals surface area (Å²) in [6, 6.07) is 0.498. The quantitative estimate of drug-likeness (QED) is 0.832. The van der Waals surface area contributed by atoms with Gasteiger partial charge < -0.3 is 9.30 Å². The zero-order chi connectivity index (χ0) is 18.0. The molecule has 0 unspecified atom stereocenters. The maximum Gasteiger partial charge on any atom is 0.128 e. The van der Waals surface area contributed by atoms with Crippen LogP contribution in [0.25, 0.3) is 0 Å². The van der Waals surface area contributed by atoms with Crippen LogP contribution in [0.3, 0.4) is 0 Å². The van der Waals surface area contributed by atoms with Gasteiger partial charge in [0.2, 0.25) is 0 Å². The molecule has 136 valence electrons. The van der Waals surface area contributed by atoms with Crippen molar-refractivity contribution in [1.82, 2.24) is 24.3 Å². The Morgan fingerprint density at radius 1 is 1.20 bits per heavy atom. The van der Waals surface area contributed by atoms with Crippen molar-refractivity contribution in [3.05, 3.63) is 41.2 Å². The number of rotatable bonds is 5.